The minimum atomic E-state index is 0. The van der Waals surface area contributed by atoms with Gasteiger partial charge >= 0.3 is 26.2 Å². The molecule has 2 rings (SSSR count). The number of nitrogens with two attached hydrogens (primary N) is 1. The number of ether oxygens (including phenoxy) is 1. The van der Waals surface area contributed by atoms with Gasteiger partial charge in [-0.1, -0.05) is 12.1 Å². The molecule has 0 unspecified atom stereocenters. The molecule has 6 nitrogen and oxygen atoms in total. The number of aromatic nitrogens is 1. The van der Waals surface area contributed by atoms with Gasteiger partial charge in [0, 0.05) is 18.6 Å². The largest absolute Gasteiger partial charge is 2.00 e. The van der Waals surface area contributed by atoms with Crippen LogP contribution in [0.5, 0.6) is 11.5 Å². The Labute approximate surface area is 148 Å². The number of hydrogen-bond donors (Lipinski definition) is 1. The molecule has 8 heteroatoms. The Morgan fingerprint density at radius 1 is 1.32 bits per heavy atom. The van der Waals surface area contributed by atoms with E-state index < -0.39 is 0 Å². The van der Waals surface area contributed by atoms with E-state index >= 15 is 0 Å². The first kappa shape index (κ1) is 20.2. The Kier molecular flexibility index (Phi) is 10.8. The van der Waals surface area contributed by atoms with Crippen LogP contribution in [0, 0.1) is 0 Å². The zero-order chi connectivity index (χ0) is 15.5. The van der Waals surface area contributed by atoms with E-state index in [9.17, 15) is 0 Å². The minimum Gasteiger partial charge on any atom is -0.590 e. The van der Waals surface area contributed by atoms with Crippen LogP contribution >= 0.6 is 0 Å². The SMILES string of the molecule is COc1cccc(C=N[N-]C(N)=[SH+])c1[OH2+].[Pd+2].c1ccncc1. The van der Waals surface area contributed by atoms with E-state index in [1.807, 2.05) is 18.2 Å². The van der Waals surface area contributed by atoms with E-state index in [-0.39, 0.29) is 31.3 Å². The average Bonchev–Trinajstić information content (AvgIpc) is 2.51. The molecule has 0 aliphatic carbocycles. The van der Waals surface area contributed by atoms with Gasteiger partial charge in [0.2, 0.25) is 5.75 Å². The van der Waals surface area contributed by atoms with E-state index in [0.717, 1.165) is 0 Å². The molecule has 1 aromatic carbocycles. The molecule has 0 aliphatic heterocycles. The van der Waals surface area contributed by atoms with Gasteiger partial charge in [-0.3, -0.25) is 10.7 Å². The smallest absolute Gasteiger partial charge is 0.590 e. The molecule has 1 heterocycles. The standard InChI is InChI=1S/C9H11N3O2S.C5H5N.Pd/c1-14-7-4-2-3-6(8(7)13)5-11-12-9(10)15;1-2-4-6-5-3-1;/h2-5H,1H3,(H4,10,11,12,13,15);1-5H;/q;;+2/p+1. The molecule has 0 bridgehead atoms. The summed E-state index contributed by atoms with van der Waals surface area (Å²) in [5.41, 5.74) is 9.30. The molecule has 0 spiro atoms. The third-order valence-electron chi connectivity index (χ3n) is 2.20. The van der Waals surface area contributed by atoms with Crippen molar-refractivity contribution in [3.63, 3.8) is 0 Å². The van der Waals surface area contributed by atoms with Crippen LogP contribution in [0.2, 0.25) is 0 Å². The maximum absolute atomic E-state index is 7.72. The maximum Gasteiger partial charge on any atom is 2.00 e. The fourth-order valence-electron chi connectivity index (χ4n) is 1.29. The van der Waals surface area contributed by atoms with Crippen LogP contribution in [0.4, 0.5) is 0 Å². The molecule has 0 saturated heterocycles. The summed E-state index contributed by atoms with van der Waals surface area (Å²) < 4.78 is 4.99. The Morgan fingerprint density at radius 3 is 2.45 bits per heavy atom. The summed E-state index contributed by atoms with van der Waals surface area (Å²) in [5, 5.41) is 11.5. The third kappa shape index (κ3) is 7.81. The van der Waals surface area contributed by atoms with Crippen molar-refractivity contribution in [2.45, 2.75) is 0 Å². The van der Waals surface area contributed by atoms with E-state index in [4.69, 9.17) is 15.6 Å². The summed E-state index contributed by atoms with van der Waals surface area (Å²) in [6.07, 6.45) is 4.92. The van der Waals surface area contributed by atoms with Gasteiger partial charge in [0.15, 0.2) is 17.3 Å². The number of rotatable bonds is 3. The number of pyridine rings is 1. The molecule has 22 heavy (non-hydrogen) atoms. The number of hydrogen-bond acceptors (Lipinski definition) is 3. The van der Waals surface area contributed by atoms with Gasteiger partial charge in [0.25, 0.3) is 0 Å². The normalized spacial score (nSPS) is 9.18. The van der Waals surface area contributed by atoms with Gasteiger partial charge in [-0.05, 0) is 24.3 Å². The number of thiol groups is 1. The molecule has 0 amide bonds. The van der Waals surface area contributed by atoms with Crippen LogP contribution in [-0.2, 0) is 32.6 Å². The average molecular weight is 412 g/mol. The first-order valence-corrected chi connectivity index (χ1v) is 6.39. The van der Waals surface area contributed by atoms with E-state index in [1.54, 1.807) is 30.6 Å². The van der Waals surface area contributed by atoms with Crippen LogP contribution in [0.15, 0.2) is 53.9 Å². The van der Waals surface area contributed by atoms with Crippen molar-refractivity contribution in [3.8, 4) is 11.5 Å². The fraction of sp³-hybridized carbons (Fsp3) is 0.0714. The molecular formula is C14H17N4O2PdS+3. The molecule has 118 valence electrons. The molecule has 0 fully saturated rings. The molecule has 1 aromatic heterocycles. The third-order valence-corrected chi connectivity index (χ3v) is 2.29. The second kappa shape index (κ2) is 11.8. The predicted octanol–water partition coefficient (Wildman–Crippen LogP) is 1.25. The summed E-state index contributed by atoms with van der Waals surface area (Å²) in [4.78, 5) is 3.78. The van der Waals surface area contributed by atoms with Crippen molar-refractivity contribution in [3.05, 3.63) is 59.8 Å². The van der Waals surface area contributed by atoms with Crippen LogP contribution < -0.4 is 10.5 Å². The van der Waals surface area contributed by atoms with E-state index in [2.05, 4.69) is 27.7 Å². The molecule has 2 aromatic rings. The first-order valence-electron chi connectivity index (χ1n) is 5.94. The van der Waals surface area contributed by atoms with Crippen molar-refractivity contribution in [1.29, 1.82) is 0 Å². The number of methoxy groups -OCH3 is 1. The second-order valence-corrected chi connectivity index (χ2v) is 4.11. The topological polar surface area (TPSA) is 97.5 Å². The monoisotopic (exact) mass is 411 g/mol. The Balaban J connectivity index is 0.000000529. The summed E-state index contributed by atoms with van der Waals surface area (Å²) in [5.74, 6) is 0.749. The number of benzene rings is 1. The molecule has 0 saturated carbocycles. The second-order valence-electron chi connectivity index (χ2n) is 3.65. The van der Waals surface area contributed by atoms with Crippen molar-refractivity contribution in [2.24, 2.45) is 10.8 Å². The van der Waals surface area contributed by atoms with Crippen molar-refractivity contribution >= 4 is 23.5 Å². The van der Waals surface area contributed by atoms with Crippen LogP contribution in [-0.4, -0.2) is 28.5 Å². The zero-order valence-electron chi connectivity index (χ0n) is 11.8. The number of para-hydroxylation sites is 1. The Hall–Kier alpha value is -1.85. The molecule has 0 atom stereocenters. The summed E-state index contributed by atoms with van der Waals surface area (Å²) in [6.45, 7) is 0. The molecule has 4 N–H and O–H groups in total. The summed E-state index contributed by atoms with van der Waals surface area (Å²) in [7, 11) is 1.51. The van der Waals surface area contributed by atoms with Gasteiger partial charge in [-0.2, -0.15) is 0 Å². The zero-order valence-corrected chi connectivity index (χ0v) is 14.2. The van der Waals surface area contributed by atoms with Gasteiger partial charge < -0.3 is 20.4 Å². The van der Waals surface area contributed by atoms with Gasteiger partial charge in [-0.25, -0.2) is 0 Å². The minimum absolute atomic E-state index is 0. The van der Waals surface area contributed by atoms with Crippen molar-refractivity contribution in [1.82, 2.24) is 4.98 Å². The van der Waals surface area contributed by atoms with Crippen LogP contribution in [0.3, 0.4) is 0 Å². The summed E-state index contributed by atoms with van der Waals surface area (Å²) in [6, 6.07) is 10.9. The van der Waals surface area contributed by atoms with Crippen molar-refractivity contribution < 1.29 is 30.3 Å². The van der Waals surface area contributed by atoms with Crippen molar-refractivity contribution in [2.75, 3.05) is 7.11 Å². The predicted molar refractivity (Wildman–Crippen MR) is 89.2 cm³/mol. The van der Waals surface area contributed by atoms with E-state index in [1.165, 1.54) is 13.3 Å². The fourth-order valence-corrected chi connectivity index (χ4v) is 1.34. The number of nitrogens with zero attached hydrogens (tertiary/aromatic N) is 3. The Bertz CT molecular complexity index is 570. The quantitative estimate of drug-likeness (QED) is 0.205. The van der Waals surface area contributed by atoms with E-state index in [0.29, 0.717) is 11.3 Å². The molecular weight excluding hydrogens is 395 g/mol. The molecule has 0 aliphatic rings. The van der Waals surface area contributed by atoms with Crippen LogP contribution in [0.1, 0.15) is 5.56 Å². The van der Waals surface area contributed by atoms with Gasteiger partial charge in [0.1, 0.15) is 0 Å². The maximum atomic E-state index is 7.72. The van der Waals surface area contributed by atoms with Crippen LogP contribution in [0.25, 0.3) is 5.43 Å². The Morgan fingerprint density at radius 2 is 2.00 bits per heavy atom. The van der Waals surface area contributed by atoms with Gasteiger partial charge in [-0.15, -0.1) is 0 Å². The summed E-state index contributed by atoms with van der Waals surface area (Å²) >= 11 is 3.75. The van der Waals surface area contributed by atoms with Gasteiger partial charge in [0.05, 0.1) is 12.7 Å². The molecule has 0 radical (unpaired) electrons. The first-order chi connectivity index (χ1) is 10.1.